The van der Waals surface area contributed by atoms with Crippen LogP contribution in [0.15, 0.2) is 53.5 Å². The van der Waals surface area contributed by atoms with Crippen molar-refractivity contribution in [2.45, 2.75) is 31.8 Å². The minimum Gasteiger partial charge on any atom is -0.348 e. The van der Waals surface area contributed by atoms with Crippen molar-refractivity contribution in [3.8, 4) is 0 Å². The van der Waals surface area contributed by atoms with Crippen LogP contribution in [0.25, 0.3) is 5.65 Å². The van der Waals surface area contributed by atoms with Gasteiger partial charge in [-0.3, -0.25) is 9.48 Å². The first kappa shape index (κ1) is 20.2. The number of nitrogens with one attached hydrogen (secondary N) is 1. The van der Waals surface area contributed by atoms with Crippen LogP contribution in [-0.4, -0.2) is 25.1 Å². The Kier molecular flexibility index (Phi) is 5.27. The average Bonchev–Trinajstić information content (AvgIpc) is 3.37. The molecular formula is C22H18BrClFN5O. The Morgan fingerprint density at radius 3 is 2.87 bits per heavy atom. The summed E-state index contributed by atoms with van der Waals surface area (Å²) in [5.41, 5.74) is 3.77. The van der Waals surface area contributed by atoms with Crippen LogP contribution in [0.4, 0.5) is 4.39 Å². The van der Waals surface area contributed by atoms with Crippen molar-refractivity contribution in [3.05, 3.63) is 86.7 Å². The molecule has 9 heteroatoms. The minimum atomic E-state index is -0.552. The number of aromatic nitrogens is 4. The largest absolute Gasteiger partial charge is 0.348 e. The van der Waals surface area contributed by atoms with Crippen molar-refractivity contribution < 1.29 is 9.18 Å². The molecule has 5 rings (SSSR count). The molecule has 1 aliphatic carbocycles. The number of carbonyl (C=O) groups excluding carboxylic acids is 1. The van der Waals surface area contributed by atoms with Gasteiger partial charge in [0.2, 0.25) is 0 Å². The van der Waals surface area contributed by atoms with Gasteiger partial charge in [-0.2, -0.15) is 5.10 Å². The molecule has 4 aromatic rings. The summed E-state index contributed by atoms with van der Waals surface area (Å²) >= 11 is 9.11. The van der Waals surface area contributed by atoms with Gasteiger partial charge in [-0.1, -0.05) is 33.6 Å². The summed E-state index contributed by atoms with van der Waals surface area (Å²) in [6.07, 6.45) is 9.77. The Bertz CT molecular complexity index is 1300. The number of pyridine rings is 1. The highest BCUT2D eigenvalue weighted by Crippen LogP contribution is 2.39. The Balaban J connectivity index is 1.26. The lowest BCUT2D eigenvalue weighted by atomic mass is 10.2. The lowest BCUT2D eigenvalue weighted by Crippen LogP contribution is -2.23. The summed E-state index contributed by atoms with van der Waals surface area (Å²) in [5.74, 6) is -0.214. The van der Waals surface area contributed by atoms with E-state index in [1.165, 1.54) is 30.7 Å². The molecule has 6 nitrogen and oxygen atoms in total. The van der Waals surface area contributed by atoms with E-state index in [1.807, 2.05) is 16.7 Å². The standard InChI is InChI=1S/C22H18BrClFN5O/c23-18-4-5-19(24)21(25)17(18)8-26-22(31)15-7-27-30(10-15)12-16-11-29-9-14(13-1-2-13)3-6-20(29)28-16/h3-7,9-11,13H,1-2,8,12H2,(H,26,31). The van der Waals surface area contributed by atoms with E-state index in [2.05, 4.69) is 43.6 Å². The molecule has 3 aromatic heterocycles. The molecule has 1 saturated carbocycles. The smallest absolute Gasteiger partial charge is 0.254 e. The molecule has 158 valence electrons. The topological polar surface area (TPSA) is 64.2 Å². The molecule has 1 fully saturated rings. The summed E-state index contributed by atoms with van der Waals surface area (Å²) in [4.78, 5) is 17.1. The third-order valence-electron chi connectivity index (χ3n) is 5.36. The number of hydrogen-bond donors (Lipinski definition) is 1. The van der Waals surface area contributed by atoms with Gasteiger partial charge in [0.1, 0.15) is 11.5 Å². The second-order valence-electron chi connectivity index (χ2n) is 7.67. The van der Waals surface area contributed by atoms with Crippen molar-refractivity contribution in [1.82, 2.24) is 24.5 Å². The van der Waals surface area contributed by atoms with Gasteiger partial charge >= 0.3 is 0 Å². The highest BCUT2D eigenvalue weighted by Gasteiger charge is 2.23. The van der Waals surface area contributed by atoms with Crippen LogP contribution < -0.4 is 5.32 Å². The summed E-state index contributed by atoms with van der Waals surface area (Å²) in [6, 6.07) is 7.28. The van der Waals surface area contributed by atoms with Gasteiger partial charge in [-0.15, -0.1) is 0 Å². The summed E-state index contributed by atoms with van der Waals surface area (Å²) in [7, 11) is 0. The lowest BCUT2D eigenvalue weighted by Gasteiger charge is -2.08. The minimum absolute atomic E-state index is 0.00670. The second-order valence-corrected chi connectivity index (χ2v) is 8.93. The van der Waals surface area contributed by atoms with Crippen LogP contribution in [-0.2, 0) is 13.1 Å². The Labute approximate surface area is 191 Å². The third kappa shape index (κ3) is 4.22. The first-order chi connectivity index (χ1) is 15.0. The fraction of sp³-hybridized carbons (Fsp3) is 0.227. The van der Waals surface area contributed by atoms with Gasteiger partial charge < -0.3 is 9.72 Å². The first-order valence-electron chi connectivity index (χ1n) is 9.88. The molecule has 0 aliphatic heterocycles. The van der Waals surface area contributed by atoms with Gasteiger partial charge in [0.25, 0.3) is 5.91 Å². The number of hydrogen-bond acceptors (Lipinski definition) is 3. The predicted octanol–water partition coefficient (Wildman–Crippen LogP) is 4.94. The van der Waals surface area contributed by atoms with Crippen LogP contribution in [0.2, 0.25) is 5.02 Å². The van der Waals surface area contributed by atoms with Crippen LogP contribution in [0.5, 0.6) is 0 Å². The number of benzene rings is 1. The van der Waals surface area contributed by atoms with Crippen LogP contribution in [0.3, 0.4) is 0 Å². The average molecular weight is 503 g/mol. The Hall–Kier alpha value is -2.71. The predicted molar refractivity (Wildman–Crippen MR) is 119 cm³/mol. The molecule has 0 spiro atoms. The first-order valence-corrected chi connectivity index (χ1v) is 11.1. The van der Waals surface area contributed by atoms with Crippen LogP contribution in [0, 0.1) is 5.82 Å². The number of nitrogens with zero attached hydrogens (tertiary/aromatic N) is 4. The van der Waals surface area contributed by atoms with E-state index < -0.39 is 5.82 Å². The molecule has 1 N–H and O–H groups in total. The number of carbonyl (C=O) groups is 1. The molecule has 31 heavy (non-hydrogen) atoms. The monoisotopic (exact) mass is 501 g/mol. The van der Waals surface area contributed by atoms with E-state index in [1.54, 1.807) is 16.9 Å². The number of imidazole rings is 1. The molecule has 0 bridgehead atoms. The van der Waals surface area contributed by atoms with Crippen molar-refractivity contribution in [2.24, 2.45) is 0 Å². The van der Waals surface area contributed by atoms with Gasteiger partial charge in [-0.25, -0.2) is 9.37 Å². The van der Waals surface area contributed by atoms with Crippen LogP contribution >= 0.6 is 27.5 Å². The quantitative estimate of drug-likeness (QED) is 0.380. The molecule has 3 heterocycles. The molecule has 1 aromatic carbocycles. The Morgan fingerprint density at radius 2 is 2.06 bits per heavy atom. The van der Waals surface area contributed by atoms with Crippen molar-refractivity contribution >= 4 is 39.1 Å². The van der Waals surface area contributed by atoms with E-state index in [-0.39, 0.29) is 17.5 Å². The maximum atomic E-state index is 14.2. The number of fused-ring (bicyclic) bond motifs is 1. The molecule has 0 saturated heterocycles. The molecular weight excluding hydrogens is 485 g/mol. The number of halogens is 3. The highest BCUT2D eigenvalue weighted by atomic mass is 79.9. The van der Waals surface area contributed by atoms with Gasteiger partial charge in [0, 0.05) is 35.2 Å². The highest BCUT2D eigenvalue weighted by molar-refractivity contribution is 9.10. The molecule has 1 aliphatic rings. The molecule has 0 atom stereocenters. The van der Waals surface area contributed by atoms with E-state index >= 15 is 0 Å². The van der Waals surface area contributed by atoms with E-state index in [4.69, 9.17) is 11.6 Å². The number of rotatable bonds is 6. The summed E-state index contributed by atoms with van der Waals surface area (Å²) in [6.45, 7) is 0.453. The summed E-state index contributed by atoms with van der Waals surface area (Å²) < 4.78 is 18.4. The van der Waals surface area contributed by atoms with E-state index in [0.29, 0.717) is 28.1 Å². The van der Waals surface area contributed by atoms with Crippen LogP contribution in [0.1, 0.15) is 45.9 Å². The molecule has 0 radical (unpaired) electrons. The van der Waals surface area contributed by atoms with Crippen molar-refractivity contribution in [2.75, 3.05) is 0 Å². The summed E-state index contributed by atoms with van der Waals surface area (Å²) in [5, 5.41) is 6.98. The molecule has 1 amide bonds. The molecule has 0 unspecified atom stereocenters. The third-order valence-corrected chi connectivity index (χ3v) is 6.39. The zero-order chi connectivity index (χ0) is 21.5. The lowest BCUT2D eigenvalue weighted by molar-refractivity contribution is 0.0950. The van der Waals surface area contributed by atoms with E-state index in [0.717, 1.165) is 11.3 Å². The van der Waals surface area contributed by atoms with Gasteiger partial charge in [-0.05, 0) is 42.5 Å². The van der Waals surface area contributed by atoms with Crippen molar-refractivity contribution in [1.29, 1.82) is 0 Å². The zero-order valence-electron chi connectivity index (χ0n) is 16.4. The fourth-order valence-corrected chi connectivity index (χ4v) is 4.15. The number of amides is 1. The van der Waals surface area contributed by atoms with Crippen molar-refractivity contribution in [3.63, 3.8) is 0 Å². The van der Waals surface area contributed by atoms with Gasteiger partial charge in [0.05, 0.1) is 29.0 Å². The van der Waals surface area contributed by atoms with Gasteiger partial charge in [0.15, 0.2) is 0 Å². The van der Waals surface area contributed by atoms with E-state index in [9.17, 15) is 9.18 Å². The normalized spacial score (nSPS) is 13.6. The zero-order valence-corrected chi connectivity index (χ0v) is 18.7. The maximum absolute atomic E-state index is 14.2. The Morgan fingerprint density at radius 1 is 1.23 bits per heavy atom. The maximum Gasteiger partial charge on any atom is 0.254 e. The SMILES string of the molecule is O=C(NCc1c(Br)ccc(Cl)c1F)c1cnn(Cc2cn3cc(C4CC4)ccc3n2)c1. The fourth-order valence-electron chi connectivity index (χ4n) is 3.53. The second kappa shape index (κ2) is 8.09.